The quantitative estimate of drug-likeness (QED) is 0.727. The van der Waals surface area contributed by atoms with Gasteiger partial charge in [0.2, 0.25) is 5.91 Å². The fraction of sp³-hybridized carbons (Fsp3) is 0.471. The van der Waals surface area contributed by atoms with Crippen molar-refractivity contribution in [1.29, 1.82) is 0 Å². The molecule has 1 saturated heterocycles. The molecule has 1 aliphatic rings. The monoisotopic (exact) mass is 392 g/mol. The molecule has 9 nitrogen and oxygen atoms in total. The lowest BCUT2D eigenvalue weighted by Crippen LogP contribution is -2.53. The van der Waals surface area contributed by atoms with Crippen LogP contribution in [0, 0.1) is 6.92 Å². The summed E-state index contributed by atoms with van der Waals surface area (Å²) in [5, 5.41) is 8.53. The average Bonchev–Trinajstić information content (AvgIpc) is 2.95. The number of carbonyl (C=O) groups is 2. The van der Waals surface area contributed by atoms with E-state index >= 15 is 0 Å². The number of piperazine rings is 1. The van der Waals surface area contributed by atoms with E-state index in [-0.39, 0.29) is 17.6 Å². The molecule has 144 valence electrons. The fourth-order valence-electron chi connectivity index (χ4n) is 2.71. The highest BCUT2D eigenvalue weighted by atomic mass is 35.5. The Bertz CT molecular complexity index is 876. The van der Waals surface area contributed by atoms with Crippen molar-refractivity contribution in [1.82, 2.24) is 24.9 Å². The lowest BCUT2D eigenvalue weighted by atomic mass is 10.2. The summed E-state index contributed by atoms with van der Waals surface area (Å²) in [5.74, 6) is 0.184. The van der Waals surface area contributed by atoms with Gasteiger partial charge >= 0.3 is 6.09 Å². The van der Waals surface area contributed by atoms with Crippen LogP contribution in [0.15, 0.2) is 18.3 Å². The largest absolute Gasteiger partial charge is 0.444 e. The Morgan fingerprint density at radius 2 is 2.04 bits per heavy atom. The summed E-state index contributed by atoms with van der Waals surface area (Å²) in [6, 6.07) is 3.51. The van der Waals surface area contributed by atoms with Gasteiger partial charge in [0.25, 0.3) is 0 Å². The summed E-state index contributed by atoms with van der Waals surface area (Å²) < 4.78 is 6.87. The Hall–Kier alpha value is -2.68. The van der Waals surface area contributed by atoms with Crippen LogP contribution >= 0.6 is 11.6 Å². The summed E-state index contributed by atoms with van der Waals surface area (Å²) >= 11 is 6.12. The molecule has 0 aromatic carbocycles. The third kappa shape index (κ3) is 4.02. The number of hydrogen-bond donors (Lipinski definition) is 0. The van der Waals surface area contributed by atoms with Crippen LogP contribution in [0.5, 0.6) is 0 Å². The second kappa shape index (κ2) is 7.15. The maximum atomic E-state index is 12.6. The van der Waals surface area contributed by atoms with Crippen molar-refractivity contribution in [2.24, 2.45) is 0 Å². The molecule has 2 aromatic heterocycles. The fourth-order valence-corrected chi connectivity index (χ4v) is 2.91. The number of aromatic nitrogens is 4. The van der Waals surface area contributed by atoms with Crippen molar-refractivity contribution >= 4 is 29.4 Å². The van der Waals surface area contributed by atoms with E-state index in [0.717, 1.165) is 0 Å². The van der Waals surface area contributed by atoms with E-state index in [1.807, 2.05) is 0 Å². The zero-order valence-electron chi connectivity index (χ0n) is 15.6. The number of ether oxygens (including phenoxy) is 1. The van der Waals surface area contributed by atoms with Gasteiger partial charge in [-0.2, -0.15) is 0 Å². The van der Waals surface area contributed by atoms with Crippen molar-refractivity contribution in [2.45, 2.75) is 33.3 Å². The number of carbonyl (C=O) groups excluding carboxylic acids is 2. The minimum Gasteiger partial charge on any atom is -0.444 e. The molecule has 10 heteroatoms. The molecule has 3 heterocycles. The van der Waals surface area contributed by atoms with Crippen molar-refractivity contribution < 1.29 is 14.3 Å². The van der Waals surface area contributed by atoms with Crippen LogP contribution in [0.3, 0.4) is 0 Å². The molecule has 0 N–H and O–H groups in total. The number of anilines is 1. The van der Waals surface area contributed by atoms with Gasteiger partial charge in [-0.15, -0.1) is 5.10 Å². The standard InChI is InChI=1S/C17H21ClN6O3/c1-11-15(20-21-24(11)12-6-5-7-19-14(12)18)23-9-8-22(10-13(23)25)16(26)27-17(2,3)4/h5-7H,8-10H2,1-4H3. The van der Waals surface area contributed by atoms with Crippen LogP contribution in [-0.2, 0) is 9.53 Å². The third-order valence-corrected chi connectivity index (χ3v) is 4.26. The van der Waals surface area contributed by atoms with Gasteiger partial charge < -0.3 is 4.74 Å². The average molecular weight is 393 g/mol. The number of amides is 2. The Morgan fingerprint density at radius 3 is 2.67 bits per heavy atom. The SMILES string of the molecule is Cc1c(N2CCN(C(=O)OC(C)(C)C)CC2=O)nnn1-c1cccnc1Cl. The lowest BCUT2D eigenvalue weighted by Gasteiger charge is -2.34. The summed E-state index contributed by atoms with van der Waals surface area (Å²) in [6.07, 6.45) is 1.08. The summed E-state index contributed by atoms with van der Waals surface area (Å²) in [6.45, 7) is 7.73. The summed E-state index contributed by atoms with van der Waals surface area (Å²) in [7, 11) is 0. The molecule has 3 rings (SSSR count). The Balaban J connectivity index is 1.77. The zero-order valence-corrected chi connectivity index (χ0v) is 16.4. The number of halogens is 1. The van der Waals surface area contributed by atoms with Crippen molar-refractivity contribution in [3.05, 3.63) is 29.2 Å². The van der Waals surface area contributed by atoms with Crippen LogP contribution in [0.4, 0.5) is 10.6 Å². The molecule has 1 fully saturated rings. The van der Waals surface area contributed by atoms with Gasteiger partial charge in [0.15, 0.2) is 11.0 Å². The minimum atomic E-state index is -0.612. The van der Waals surface area contributed by atoms with E-state index in [1.54, 1.807) is 46.0 Å². The molecule has 0 spiro atoms. The van der Waals surface area contributed by atoms with Crippen LogP contribution in [0.25, 0.3) is 5.69 Å². The Kier molecular flexibility index (Phi) is 5.05. The molecule has 0 aliphatic carbocycles. The highest BCUT2D eigenvalue weighted by Gasteiger charge is 2.33. The predicted molar refractivity (Wildman–Crippen MR) is 99.1 cm³/mol. The van der Waals surface area contributed by atoms with Crippen LogP contribution < -0.4 is 4.90 Å². The number of nitrogens with zero attached hydrogens (tertiary/aromatic N) is 6. The minimum absolute atomic E-state index is 0.0745. The van der Waals surface area contributed by atoms with Gasteiger partial charge in [-0.25, -0.2) is 14.5 Å². The first-order chi connectivity index (χ1) is 12.7. The van der Waals surface area contributed by atoms with Gasteiger partial charge in [-0.05, 0) is 39.8 Å². The first kappa shape index (κ1) is 19.1. The molecular weight excluding hydrogens is 372 g/mol. The molecule has 0 atom stereocenters. The van der Waals surface area contributed by atoms with E-state index in [2.05, 4.69) is 15.3 Å². The van der Waals surface area contributed by atoms with Gasteiger partial charge in [0, 0.05) is 19.3 Å². The van der Waals surface area contributed by atoms with Crippen molar-refractivity contribution in [3.8, 4) is 5.69 Å². The Labute approximate surface area is 161 Å². The van der Waals surface area contributed by atoms with Gasteiger partial charge in [0.05, 0.1) is 5.69 Å². The molecule has 2 aromatic rings. The molecule has 27 heavy (non-hydrogen) atoms. The number of hydrogen-bond acceptors (Lipinski definition) is 6. The summed E-state index contributed by atoms with van der Waals surface area (Å²) in [5.41, 5.74) is 0.624. The second-order valence-corrected chi connectivity index (χ2v) is 7.53. The topological polar surface area (TPSA) is 93.5 Å². The van der Waals surface area contributed by atoms with E-state index in [1.165, 1.54) is 14.5 Å². The predicted octanol–water partition coefficient (Wildman–Crippen LogP) is 2.21. The normalized spacial score (nSPS) is 15.2. The van der Waals surface area contributed by atoms with Gasteiger partial charge in [-0.1, -0.05) is 16.8 Å². The number of pyridine rings is 1. The maximum Gasteiger partial charge on any atom is 0.410 e. The van der Waals surface area contributed by atoms with Crippen LogP contribution in [-0.4, -0.2) is 62.1 Å². The maximum absolute atomic E-state index is 12.6. The molecule has 0 radical (unpaired) electrons. The van der Waals surface area contributed by atoms with Gasteiger partial charge in [0.1, 0.15) is 17.8 Å². The first-order valence-electron chi connectivity index (χ1n) is 8.49. The van der Waals surface area contributed by atoms with E-state index in [9.17, 15) is 9.59 Å². The van der Waals surface area contributed by atoms with Crippen LogP contribution in [0.2, 0.25) is 5.15 Å². The molecule has 0 saturated carbocycles. The highest BCUT2D eigenvalue weighted by Crippen LogP contribution is 2.24. The third-order valence-electron chi connectivity index (χ3n) is 3.97. The zero-order chi connectivity index (χ0) is 19.8. The highest BCUT2D eigenvalue weighted by molar-refractivity contribution is 6.31. The molecule has 0 unspecified atom stereocenters. The Morgan fingerprint density at radius 1 is 1.30 bits per heavy atom. The second-order valence-electron chi connectivity index (χ2n) is 7.17. The van der Waals surface area contributed by atoms with E-state index in [4.69, 9.17) is 16.3 Å². The van der Waals surface area contributed by atoms with Crippen LogP contribution in [0.1, 0.15) is 26.5 Å². The lowest BCUT2D eigenvalue weighted by molar-refractivity contribution is -0.121. The molecule has 2 amide bonds. The van der Waals surface area contributed by atoms with Crippen molar-refractivity contribution in [3.63, 3.8) is 0 Å². The molecule has 1 aliphatic heterocycles. The summed E-state index contributed by atoms with van der Waals surface area (Å²) in [4.78, 5) is 31.7. The first-order valence-corrected chi connectivity index (χ1v) is 8.86. The molecular formula is C17H21ClN6O3. The van der Waals surface area contributed by atoms with Gasteiger partial charge in [-0.3, -0.25) is 14.6 Å². The smallest absolute Gasteiger partial charge is 0.410 e. The van der Waals surface area contributed by atoms with E-state index < -0.39 is 11.7 Å². The van der Waals surface area contributed by atoms with E-state index in [0.29, 0.717) is 30.3 Å². The van der Waals surface area contributed by atoms with Crippen molar-refractivity contribution in [2.75, 3.05) is 24.5 Å². The number of rotatable bonds is 2. The molecule has 0 bridgehead atoms.